The summed E-state index contributed by atoms with van der Waals surface area (Å²) in [6, 6.07) is 7.33. The minimum Gasteiger partial charge on any atom is -0.370 e. The largest absolute Gasteiger partial charge is 0.370 e. The van der Waals surface area contributed by atoms with Gasteiger partial charge >= 0.3 is 0 Å². The van der Waals surface area contributed by atoms with Crippen LogP contribution in [-0.2, 0) is 16.1 Å². The monoisotopic (exact) mass is 331 g/mol. The van der Waals surface area contributed by atoms with E-state index in [0.29, 0.717) is 11.9 Å². The molecule has 0 aliphatic carbocycles. The summed E-state index contributed by atoms with van der Waals surface area (Å²) < 4.78 is 6.56. The molecular weight excluding hydrogens is 308 g/mol. The molecule has 1 aliphatic rings. The van der Waals surface area contributed by atoms with Crippen LogP contribution in [0.1, 0.15) is 5.69 Å². The van der Waals surface area contributed by atoms with Crippen LogP contribution in [0, 0.1) is 6.92 Å². The van der Waals surface area contributed by atoms with Crippen molar-refractivity contribution in [3.63, 3.8) is 0 Å². The van der Waals surface area contributed by atoms with Gasteiger partial charge in [-0.3, -0.25) is 9.59 Å². The van der Waals surface area contributed by atoms with Gasteiger partial charge in [0, 0.05) is 5.39 Å². The zero-order valence-electron chi connectivity index (χ0n) is 13.9. The third kappa shape index (κ3) is 3.80. The van der Waals surface area contributed by atoms with Gasteiger partial charge in [-0.25, -0.2) is 4.68 Å². The molecule has 0 unspecified atom stereocenters. The van der Waals surface area contributed by atoms with Crippen molar-refractivity contribution in [1.82, 2.24) is 15.1 Å². The topological polar surface area (TPSA) is 77.7 Å². The number of ether oxygens (including phenoxy) is 1. The summed E-state index contributed by atoms with van der Waals surface area (Å²) in [6.45, 7) is 6.75. The average Bonchev–Trinajstić information content (AvgIpc) is 2.60. The van der Waals surface area contributed by atoms with Crippen molar-refractivity contribution in [2.75, 3.05) is 39.4 Å². The van der Waals surface area contributed by atoms with Crippen molar-refractivity contribution in [2.24, 2.45) is 0 Å². The quantitative estimate of drug-likeness (QED) is 0.717. The summed E-state index contributed by atoms with van der Waals surface area (Å²) in [5.41, 5.74) is 0.515. The molecule has 24 heavy (non-hydrogen) atoms. The van der Waals surface area contributed by atoms with Crippen molar-refractivity contribution in [2.45, 2.75) is 13.5 Å². The first-order chi connectivity index (χ1) is 11.6. The highest BCUT2D eigenvalue weighted by Gasteiger charge is 2.14. The normalized spacial score (nSPS) is 15.5. The highest BCUT2D eigenvalue weighted by atomic mass is 16.5. The first kappa shape index (κ1) is 16.6. The van der Waals surface area contributed by atoms with E-state index in [4.69, 9.17) is 4.74 Å². The molecule has 1 amide bonds. The number of aromatic nitrogens is 2. The Kier molecular flexibility index (Phi) is 5.22. The maximum absolute atomic E-state index is 12.4. The Morgan fingerprint density at radius 1 is 1.29 bits per heavy atom. The summed E-state index contributed by atoms with van der Waals surface area (Å²) in [4.78, 5) is 26.0. The fourth-order valence-electron chi connectivity index (χ4n) is 2.99. The number of fused-ring (bicyclic) bond motifs is 1. The number of rotatable bonds is 5. The number of morpholine rings is 1. The Balaban J connectivity index is 1.61. The number of quaternary nitrogens is 1. The summed E-state index contributed by atoms with van der Waals surface area (Å²) >= 11 is 0. The van der Waals surface area contributed by atoms with Crippen molar-refractivity contribution < 1.29 is 14.4 Å². The molecule has 7 heteroatoms. The number of hydrogen-bond acceptors (Lipinski definition) is 4. The molecule has 2 heterocycles. The van der Waals surface area contributed by atoms with E-state index >= 15 is 0 Å². The van der Waals surface area contributed by atoms with E-state index in [1.54, 1.807) is 6.07 Å². The molecule has 2 N–H and O–H groups in total. The predicted molar refractivity (Wildman–Crippen MR) is 90.1 cm³/mol. The van der Waals surface area contributed by atoms with Crippen molar-refractivity contribution in [1.29, 1.82) is 0 Å². The van der Waals surface area contributed by atoms with E-state index in [0.717, 1.165) is 43.9 Å². The average molecular weight is 331 g/mol. The first-order valence-electron chi connectivity index (χ1n) is 8.29. The van der Waals surface area contributed by atoms with E-state index in [1.807, 2.05) is 25.1 Å². The lowest BCUT2D eigenvalue weighted by Crippen LogP contribution is -3.14. The lowest BCUT2D eigenvalue weighted by atomic mass is 10.1. The molecule has 128 valence electrons. The molecule has 3 rings (SSSR count). The van der Waals surface area contributed by atoms with Gasteiger partial charge in [0.2, 0.25) is 5.91 Å². The van der Waals surface area contributed by atoms with Gasteiger partial charge in [0.15, 0.2) is 0 Å². The van der Waals surface area contributed by atoms with Crippen LogP contribution in [0.15, 0.2) is 29.1 Å². The summed E-state index contributed by atoms with van der Waals surface area (Å²) in [7, 11) is 0. The number of carbonyl (C=O) groups is 1. The lowest BCUT2D eigenvalue weighted by Gasteiger charge is -2.23. The Morgan fingerprint density at radius 2 is 2.00 bits per heavy atom. The molecular formula is C17H23N4O3+. The first-order valence-corrected chi connectivity index (χ1v) is 8.29. The lowest BCUT2D eigenvalue weighted by molar-refractivity contribution is -0.906. The number of carbonyl (C=O) groups excluding carboxylic acids is 1. The van der Waals surface area contributed by atoms with Crippen molar-refractivity contribution in [3.05, 3.63) is 40.3 Å². The maximum Gasteiger partial charge on any atom is 0.275 e. The third-order valence-electron chi connectivity index (χ3n) is 4.35. The number of nitrogens with one attached hydrogen (secondary N) is 2. The molecule has 0 spiro atoms. The minimum atomic E-state index is -0.231. The van der Waals surface area contributed by atoms with Crippen LogP contribution in [0.4, 0.5) is 0 Å². The standard InChI is InChI=1S/C17H22N4O3/c1-13-14-4-2-3-5-15(14)17(23)21(19-13)12-16(22)18-6-7-20-8-10-24-11-9-20/h2-5H,6-12H2,1H3,(H,18,22)/p+1. The van der Waals surface area contributed by atoms with Crippen LogP contribution in [-0.4, -0.2) is 55.1 Å². The van der Waals surface area contributed by atoms with Crippen LogP contribution in [0.2, 0.25) is 0 Å². The molecule has 0 saturated carbocycles. The number of nitrogens with zero attached hydrogens (tertiary/aromatic N) is 2. The van der Waals surface area contributed by atoms with E-state index in [2.05, 4.69) is 10.4 Å². The number of hydrogen-bond donors (Lipinski definition) is 2. The third-order valence-corrected chi connectivity index (χ3v) is 4.35. The second-order valence-electron chi connectivity index (χ2n) is 6.06. The zero-order valence-corrected chi connectivity index (χ0v) is 13.9. The van der Waals surface area contributed by atoms with E-state index < -0.39 is 0 Å². The molecule has 0 atom stereocenters. The molecule has 0 radical (unpaired) electrons. The van der Waals surface area contributed by atoms with E-state index in [1.165, 1.54) is 9.58 Å². The van der Waals surface area contributed by atoms with Gasteiger partial charge in [-0.05, 0) is 13.0 Å². The zero-order chi connectivity index (χ0) is 16.9. The van der Waals surface area contributed by atoms with Gasteiger partial charge in [0.25, 0.3) is 5.56 Å². The van der Waals surface area contributed by atoms with Crippen LogP contribution in [0.3, 0.4) is 0 Å². The Morgan fingerprint density at radius 3 is 2.75 bits per heavy atom. The van der Waals surface area contributed by atoms with Crippen LogP contribution in [0.5, 0.6) is 0 Å². The summed E-state index contributed by atoms with van der Waals surface area (Å²) in [5.74, 6) is -0.188. The van der Waals surface area contributed by atoms with E-state index in [9.17, 15) is 9.59 Å². The molecule has 1 saturated heterocycles. The number of benzene rings is 1. The molecule has 1 aromatic heterocycles. The van der Waals surface area contributed by atoms with Gasteiger partial charge < -0.3 is 15.0 Å². The molecule has 1 aliphatic heterocycles. The van der Waals surface area contributed by atoms with Gasteiger partial charge in [0.05, 0.1) is 37.4 Å². The van der Waals surface area contributed by atoms with Gasteiger partial charge in [-0.1, -0.05) is 18.2 Å². The number of aryl methyl sites for hydroxylation is 1. The van der Waals surface area contributed by atoms with Crippen molar-refractivity contribution in [3.8, 4) is 0 Å². The van der Waals surface area contributed by atoms with Crippen LogP contribution in [0.25, 0.3) is 10.8 Å². The highest BCUT2D eigenvalue weighted by molar-refractivity contribution is 5.83. The molecule has 2 aromatic rings. The number of amides is 1. The fraction of sp³-hybridized carbons (Fsp3) is 0.471. The van der Waals surface area contributed by atoms with E-state index in [-0.39, 0.29) is 18.0 Å². The molecule has 1 aromatic carbocycles. The Hall–Kier alpha value is -2.25. The van der Waals surface area contributed by atoms with Crippen LogP contribution < -0.4 is 15.8 Å². The molecule has 0 bridgehead atoms. The Labute approximate surface area is 140 Å². The van der Waals surface area contributed by atoms with Gasteiger partial charge in [0.1, 0.15) is 19.6 Å². The van der Waals surface area contributed by atoms with Crippen molar-refractivity contribution >= 4 is 16.7 Å². The molecule has 1 fully saturated rings. The maximum atomic E-state index is 12.4. The minimum absolute atomic E-state index is 0.0526. The van der Waals surface area contributed by atoms with Crippen LogP contribution >= 0.6 is 0 Å². The highest BCUT2D eigenvalue weighted by Crippen LogP contribution is 2.11. The summed E-state index contributed by atoms with van der Waals surface area (Å²) in [6.07, 6.45) is 0. The second kappa shape index (κ2) is 7.55. The molecule has 7 nitrogen and oxygen atoms in total. The SMILES string of the molecule is Cc1nn(CC(=O)NCC[NH+]2CCOCC2)c(=O)c2ccccc12. The second-order valence-corrected chi connectivity index (χ2v) is 6.06. The predicted octanol–water partition coefficient (Wildman–Crippen LogP) is -1.26. The fourth-order valence-corrected chi connectivity index (χ4v) is 2.99. The summed E-state index contributed by atoms with van der Waals surface area (Å²) in [5, 5.41) is 8.56. The van der Waals surface area contributed by atoms with Gasteiger partial charge in [-0.2, -0.15) is 5.10 Å². The Bertz CT molecular complexity index is 781. The van der Waals surface area contributed by atoms with Gasteiger partial charge in [-0.15, -0.1) is 0 Å². The smallest absolute Gasteiger partial charge is 0.275 e.